The van der Waals surface area contributed by atoms with Gasteiger partial charge in [0.25, 0.3) is 0 Å². The molecule has 0 saturated heterocycles. The minimum absolute atomic E-state index is 0.338. The highest BCUT2D eigenvalue weighted by Gasteiger charge is 1.85. The number of rotatable bonds is 3. The third-order valence-corrected chi connectivity index (χ3v) is 10.4. The van der Waals surface area contributed by atoms with Crippen molar-refractivity contribution in [1.82, 2.24) is 9.30 Å². The molecule has 0 aromatic carbocycles. The molecule has 0 bridgehead atoms. The number of hydrogen-bond donors (Lipinski definition) is 2. The molecule has 1 atom stereocenters. The quantitative estimate of drug-likeness (QED) is 0.529. The van der Waals surface area contributed by atoms with Crippen LogP contribution in [0.2, 0.25) is 19.6 Å². The molecule has 2 N–H and O–H groups in total. The van der Waals surface area contributed by atoms with Crippen LogP contribution in [-0.2, 0) is 0 Å². The van der Waals surface area contributed by atoms with E-state index in [2.05, 4.69) is 35.5 Å². The van der Waals surface area contributed by atoms with Crippen LogP contribution in [0, 0.1) is 0 Å². The molecule has 0 spiro atoms. The predicted octanol–water partition coefficient (Wildman–Crippen LogP) is -2.23. The predicted molar refractivity (Wildman–Crippen MR) is 68.2 cm³/mol. The summed E-state index contributed by atoms with van der Waals surface area (Å²) in [5.74, 6) is 0. The van der Waals surface area contributed by atoms with E-state index in [0.717, 1.165) is 10.4 Å². The summed E-state index contributed by atoms with van der Waals surface area (Å²) in [5.41, 5.74) is 2.03. The molecular weight excluding hydrogens is 200 g/mol. The highest BCUT2D eigenvalue weighted by molar-refractivity contribution is 6.64. The summed E-state index contributed by atoms with van der Waals surface area (Å²) in [6.45, 7) is 10.4. The van der Waals surface area contributed by atoms with Gasteiger partial charge in [0.2, 0.25) is 0 Å². The van der Waals surface area contributed by atoms with Gasteiger partial charge in [-0.2, -0.15) is 0 Å². The maximum Gasteiger partial charge on any atom is 0.122 e. The van der Waals surface area contributed by atoms with Gasteiger partial charge >= 0.3 is 0 Å². The van der Waals surface area contributed by atoms with Crippen molar-refractivity contribution in [3.8, 4) is 0 Å². The SMILES string of the molecule is C=C[SiH](C)N[SiH3].C[SiH](C)N[SiH3]. The largest absolute Gasteiger partial charge is 0.369 e. The third kappa shape index (κ3) is 18.0. The first kappa shape index (κ1) is 14.1. The first-order chi connectivity index (χ1) is 5.08. The molecule has 0 aliphatic carbocycles. The normalized spacial score (nSPS) is 12.4. The summed E-state index contributed by atoms with van der Waals surface area (Å²) in [5, 5.41) is 0. The molecule has 11 heavy (non-hydrogen) atoms. The Morgan fingerprint density at radius 2 is 1.55 bits per heavy atom. The standard InChI is InChI=1S/C3H11NSi2.C2H11NSi2/c1-3-6(2)4-5;1-5(2)3-4/h3-4,6H,1H2,2,5H3;3,5H,1-2,4H3. The lowest BCUT2D eigenvalue weighted by Crippen LogP contribution is -2.24. The van der Waals surface area contributed by atoms with Crippen LogP contribution in [0.5, 0.6) is 0 Å². The second-order valence-electron chi connectivity index (χ2n) is 2.76. The molecule has 0 fully saturated rings. The summed E-state index contributed by atoms with van der Waals surface area (Å²) in [6, 6.07) is 0. The smallest absolute Gasteiger partial charge is 0.122 e. The Kier molecular flexibility index (Phi) is 13.5. The summed E-state index contributed by atoms with van der Waals surface area (Å²) >= 11 is 0. The van der Waals surface area contributed by atoms with Gasteiger partial charge in [-0.25, -0.2) is 0 Å². The molecule has 0 saturated carbocycles. The van der Waals surface area contributed by atoms with Crippen molar-refractivity contribution >= 4 is 38.7 Å². The van der Waals surface area contributed by atoms with E-state index in [1.54, 1.807) is 0 Å². The molecule has 6 heteroatoms. The van der Waals surface area contributed by atoms with Crippen molar-refractivity contribution in [1.29, 1.82) is 0 Å². The molecule has 2 nitrogen and oxygen atoms in total. The van der Waals surface area contributed by atoms with Gasteiger partial charge in [0.1, 0.15) is 8.96 Å². The van der Waals surface area contributed by atoms with E-state index < -0.39 is 8.96 Å². The second kappa shape index (κ2) is 10.5. The van der Waals surface area contributed by atoms with E-state index in [0.29, 0.717) is 0 Å². The zero-order valence-electron chi connectivity index (χ0n) is 8.44. The van der Waals surface area contributed by atoms with Crippen LogP contribution in [0.1, 0.15) is 0 Å². The van der Waals surface area contributed by atoms with E-state index in [9.17, 15) is 0 Å². The van der Waals surface area contributed by atoms with Crippen LogP contribution in [-0.4, -0.2) is 38.7 Å². The Morgan fingerprint density at radius 1 is 1.18 bits per heavy atom. The summed E-state index contributed by atoms with van der Waals surface area (Å²) in [4.78, 5) is 0. The first-order valence-electron chi connectivity index (χ1n) is 4.05. The van der Waals surface area contributed by atoms with E-state index in [1.165, 1.54) is 10.4 Å². The molecular formula is C5H22N2Si4. The fraction of sp³-hybridized carbons (Fsp3) is 0.600. The minimum Gasteiger partial charge on any atom is -0.369 e. The van der Waals surface area contributed by atoms with Crippen LogP contribution >= 0.6 is 0 Å². The zero-order valence-corrected chi connectivity index (χ0v) is 14.7. The van der Waals surface area contributed by atoms with Gasteiger partial charge in [0.15, 0.2) is 0 Å². The Balaban J connectivity index is 0. The molecule has 0 aliphatic rings. The third-order valence-electron chi connectivity index (χ3n) is 1.39. The maximum absolute atomic E-state index is 3.65. The maximum atomic E-state index is 3.65. The highest BCUT2D eigenvalue weighted by Crippen LogP contribution is 1.68. The lowest BCUT2D eigenvalue weighted by molar-refractivity contribution is 1.54. The number of nitrogens with one attached hydrogen (secondary N) is 2. The second-order valence-corrected chi connectivity index (χ2v) is 11.7. The first-order valence-corrected chi connectivity index (χ1v) is 11.3. The lowest BCUT2D eigenvalue weighted by atomic mass is 11.3. The van der Waals surface area contributed by atoms with Crippen molar-refractivity contribution in [2.45, 2.75) is 19.6 Å². The van der Waals surface area contributed by atoms with Gasteiger partial charge < -0.3 is 9.30 Å². The minimum atomic E-state index is -0.585. The molecule has 0 aromatic rings. The molecule has 1 unspecified atom stereocenters. The average molecular weight is 223 g/mol. The van der Waals surface area contributed by atoms with E-state index in [1.807, 2.05) is 5.70 Å². The Bertz CT molecular complexity index is 88.6. The van der Waals surface area contributed by atoms with Crippen molar-refractivity contribution in [2.24, 2.45) is 0 Å². The van der Waals surface area contributed by atoms with Crippen LogP contribution in [0.3, 0.4) is 0 Å². The van der Waals surface area contributed by atoms with E-state index in [-0.39, 0.29) is 8.96 Å². The van der Waals surface area contributed by atoms with Crippen LogP contribution in [0.4, 0.5) is 0 Å². The topological polar surface area (TPSA) is 24.1 Å². The van der Waals surface area contributed by atoms with E-state index in [4.69, 9.17) is 0 Å². The molecule has 0 aromatic heterocycles. The molecule has 0 heterocycles. The zero-order chi connectivity index (χ0) is 9.28. The van der Waals surface area contributed by atoms with E-state index >= 15 is 0 Å². The van der Waals surface area contributed by atoms with Crippen molar-refractivity contribution < 1.29 is 0 Å². The molecule has 0 aliphatic heterocycles. The van der Waals surface area contributed by atoms with Crippen molar-refractivity contribution in [2.75, 3.05) is 0 Å². The van der Waals surface area contributed by atoms with Gasteiger partial charge in [-0.05, 0) is 0 Å². The van der Waals surface area contributed by atoms with Crippen molar-refractivity contribution in [3.05, 3.63) is 12.3 Å². The van der Waals surface area contributed by atoms with Gasteiger partial charge in [-0.3, -0.25) is 0 Å². The van der Waals surface area contributed by atoms with Crippen LogP contribution in [0.15, 0.2) is 12.3 Å². The Morgan fingerprint density at radius 3 is 1.55 bits per heavy atom. The Hall–Kier alpha value is 0.528. The summed E-state index contributed by atoms with van der Waals surface area (Å²) in [7, 11) is 1.39. The number of hydrogen-bond acceptors (Lipinski definition) is 2. The molecule has 0 rings (SSSR count). The summed E-state index contributed by atoms with van der Waals surface area (Å²) < 4.78 is 6.58. The lowest BCUT2D eigenvalue weighted by Gasteiger charge is -1.95. The fourth-order valence-corrected chi connectivity index (χ4v) is 1.06. The monoisotopic (exact) mass is 222 g/mol. The van der Waals surface area contributed by atoms with Gasteiger partial charge in [0, 0.05) is 0 Å². The van der Waals surface area contributed by atoms with Crippen molar-refractivity contribution in [3.63, 3.8) is 0 Å². The van der Waals surface area contributed by atoms with Crippen LogP contribution in [0.25, 0.3) is 0 Å². The van der Waals surface area contributed by atoms with Gasteiger partial charge in [-0.15, -0.1) is 6.58 Å². The van der Waals surface area contributed by atoms with Gasteiger partial charge in [-0.1, -0.05) is 25.3 Å². The molecule has 68 valence electrons. The fourth-order valence-electron chi connectivity index (χ4n) is 0.118. The van der Waals surface area contributed by atoms with Gasteiger partial charge in [0.05, 0.1) is 29.8 Å². The summed E-state index contributed by atoms with van der Waals surface area (Å²) in [6.07, 6.45) is 0. The highest BCUT2D eigenvalue weighted by atomic mass is 28.3. The van der Waals surface area contributed by atoms with Crippen LogP contribution < -0.4 is 9.30 Å². The molecule has 0 radical (unpaired) electrons. The average Bonchev–Trinajstić information content (AvgIpc) is 2.04. The molecule has 0 amide bonds. The Labute approximate surface area is 80.2 Å².